The average Bonchev–Trinajstić information content (AvgIpc) is 2.94. The van der Waals surface area contributed by atoms with E-state index >= 15 is 0 Å². The van der Waals surface area contributed by atoms with E-state index in [2.05, 4.69) is 22.5 Å². The molecule has 0 aliphatic carbocycles. The Kier molecular flexibility index (Phi) is 2.93. The maximum atomic E-state index is 10.6. The molecule has 0 amide bonds. The lowest BCUT2D eigenvalue weighted by Crippen LogP contribution is -1.99. The fraction of sp³-hybridized carbons (Fsp3) is 0.214. The Hall–Kier alpha value is -1.23. The van der Waals surface area contributed by atoms with Crippen LogP contribution in [-0.4, -0.2) is 10.1 Å². The van der Waals surface area contributed by atoms with Crippen molar-refractivity contribution in [2.75, 3.05) is 0 Å². The minimum Gasteiger partial charge on any atom is -0.383 e. The molecule has 3 rings (SSSR count). The number of thiazole rings is 1. The number of thiophene rings is 1. The molecule has 92 valence electrons. The van der Waals surface area contributed by atoms with Gasteiger partial charge in [-0.3, -0.25) is 0 Å². The van der Waals surface area contributed by atoms with Crippen LogP contribution in [0.15, 0.2) is 29.6 Å². The molecule has 1 atom stereocenters. The predicted octanol–water partition coefficient (Wildman–Crippen LogP) is 4.06. The highest BCUT2D eigenvalue weighted by molar-refractivity contribution is 7.17. The van der Waals surface area contributed by atoms with E-state index in [1.165, 1.54) is 5.39 Å². The number of benzene rings is 1. The van der Waals surface area contributed by atoms with Crippen LogP contribution in [0.1, 0.15) is 27.2 Å². The van der Waals surface area contributed by atoms with E-state index in [1.54, 1.807) is 22.7 Å². The molecule has 2 nitrogen and oxygen atoms in total. The number of aliphatic hydroxyl groups excluding tert-OH is 1. The number of hydrogen-bond acceptors (Lipinski definition) is 4. The lowest BCUT2D eigenvalue weighted by atomic mass is 10.1. The van der Waals surface area contributed by atoms with Crippen molar-refractivity contribution >= 4 is 32.8 Å². The molecular formula is C14H13NOS2. The molecule has 1 aromatic carbocycles. The van der Waals surface area contributed by atoms with Gasteiger partial charge in [0.25, 0.3) is 0 Å². The molecule has 0 fully saturated rings. The summed E-state index contributed by atoms with van der Waals surface area (Å²) in [6.45, 7) is 3.93. The minimum atomic E-state index is -0.571. The molecule has 0 aliphatic heterocycles. The standard InChI is InChI=1S/C14H13NOS2/c1-8-13(18-9(2)15-8)12(16)11-5-3-4-10-6-7-17-14(10)11/h3-7,12,16H,1-2H3. The van der Waals surface area contributed by atoms with Gasteiger partial charge in [0.2, 0.25) is 0 Å². The Morgan fingerprint density at radius 3 is 2.78 bits per heavy atom. The van der Waals surface area contributed by atoms with E-state index in [4.69, 9.17) is 0 Å². The van der Waals surface area contributed by atoms with Gasteiger partial charge in [-0.05, 0) is 30.7 Å². The van der Waals surface area contributed by atoms with Gasteiger partial charge in [0, 0.05) is 10.3 Å². The van der Waals surface area contributed by atoms with Crippen molar-refractivity contribution in [3.05, 3.63) is 50.8 Å². The summed E-state index contributed by atoms with van der Waals surface area (Å²) in [5, 5.41) is 14.8. The van der Waals surface area contributed by atoms with Gasteiger partial charge >= 0.3 is 0 Å². The molecule has 0 aliphatic rings. The van der Waals surface area contributed by atoms with Gasteiger partial charge in [-0.25, -0.2) is 4.98 Å². The first kappa shape index (κ1) is 11.8. The molecule has 2 aromatic heterocycles. The number of hydrogen-bond donors (Lipinski definition) is 1. The average molecular weight is 275 g/mol. The Labute approximate surface area is 114 Å². The topological polar surface area (TPSA) is 33.1 Å². The van der Waals surface area contributed by atoms with Crippen LogP contribution in [-0.2, 0) is 0 Å². The van der Waals surface area contributed by atoms with Gasteiger partial charge in [0.15, 0.2) is 0 Å². The van der Waals surface area contributed by atoms with Gasteiger partial charge in [-0.2, -0.15) is 0 Å². The van der Waals surface area contributed by atoms with E-state index in [0.717, 1.165) is 25.8 Å². The second-order valence-corrected chi connectivity index (χ2v) is 6.42. The van der Waals surface area contributed by atoms with Crippen LogP contribution in [0.3, 0.4) is 0 Å². The van der Waals surface area contributed by atoms with Crippen LogP contribution in [0.4, 0.5) is 0 Å². The zero-order chi connectivity index (χ0) is 12.7. The molecule has 4 heteroatoms. The van der Waals surface area contributed by atoms with Crippen LogP contribution < -0.4 is 0 Å². The quantitative estimate of drug-likeness (QED) is 0.765. The van der Waals surface area contributed by atoms with Crippen LogP contribution in [0, 0.1) is 13.8 Å². The monoisotopic (exact) mass is 275 g/mol. The predicted molar refractivity (Wildman–Crippen MR) is 77.5 cm³/mol. The summed E-state index contributed by atoms with van der Waals surface area (Å²) in [5.41, 5.74) is 1.91. The van der Waals surface area contributed by atoms with Crippen molar-refractivity contribution in [2.24, 2.45) is 0 Å². The van der Waals surface area contributed by atoms with Crippen LogP contribution >= 0.6 is 22.7 Å². The van der Waals surface area contributed by atoms with Crippen molar-refractivity contribution in [3.8, 4) is 0 Å². The zero-order valence-corrected chi connectivity index (χ0v) is 11.8. The smallest absolute Gasteiger partial charge is 0.116 e. The van der Waals surface area contributed by atoms with Gasteiger partial charge in [0.05, 0.1) is 15.6 Å². The SMILES string of the molecule is Cc1nc(C)c(C(O)c2cccc3ccsc23)s1. The summed E-state index contributed by atoms with van der Waals surface area (Å²) in [5.74, 6) is 0. The molecule has 1 N–H and O–H groups in total. The number of rotatable bonds is 2. The normalized spacial score (nSPS) is 13.1. The molecule has 0 bridgehead atoms. The third-order valence-corrected chi connectivity index (χ3v) is 5.10. The maximum absolute atomic E-state index is 10.6. The molecule has 3 aromatic rings. The molecule has 0 radical (unpaired) electrons. The number of aromatic nitrogens is 1. The van der Waals surface area contributed by atoms with Gasteiger partial charge < -0.3 is 5.11 Å². The van der Waals surface area contributed by atoms with E-state index in [1.807, 2.05) is 26.0 Å². The Morgan fingerprint density at radius 1 is 1.22 bits per heavy atom. The van der Waals surface area contributed by atoms with E-state index in [-0.39, 0.29) is 0 Å². The highest BCUT2D eigenvalue weighted by Crippen LogP contribution is 2.35. The second-order valence-electron chi connectivity index (χ2n) is 4.27. The van der Waals surface area contributed by atoms with Crippen molar-refractivity contribution < 1.29 is 5.11 Å². The summed E-state index contributed by atoms with van der Waals surface area (Å²) in [6.07, 6.45) is -0.571. The van der Waals surface area contributed by atoms with E-state index in [9.17, 15) is 5.11 Å². The van der Waals surface area contributed by atoms with E-state index in [0.29, 0.717) is 0 Å². The summed E-state index contributed by atoms with van der Waals surface area (Å²) < 4.78 is 1.16. The van der Waals surface area contributed by atoms with Crippen LogP contribution in [0.5, 0.6) is 0 Å². The zero-order valence-electron chi connectivity index (χ0n) is 10.2. The van der Waals surface area contributed by atoms with Gasteiger partial charge in [0.1, 0.15) is 6.10 Å². The highest BCUT2D eigenvalue weighted by atomic mass is 32.1. The van der Waals surface area contributed by atoms with Crippen LogP contribution in [0.25, 0.3) is 10.1 Å². The highest BCUT2D eigenvalue weighted by Gasteiger charge is 2.19. The number of fused-ring (bicyclic) bond motifs is 1. The lowest BCUT2D eigenvalue weighted by Gasteiger charge is -2.10. The third kappa shape index (κ3) is 1.86. The summed E-state index contributed by atoms with van der Waals surface area (Å²) >= 11 is 3.25. The number of aliphatic hydroxyl groups is 1. The van der Waals surface area contributed by atoms with Gasteiger partial charge in [-0.1, -0.05) is 18.2 Å². The fourth-order valence-electron chi connectivity index (χ4n) is 2.17. The van der Waals surface area contributed by atoms with Crippen molar-refractivity contribution in [1.29, 1.82) is 0 Å². The van der Waals surface area contributed by atoms with Crippen molar-refractivity contribution in [1.82, 2.24) is 4.98 Å². The van der Waals surface area contributed by atoms with Crippen LogP contribution in [0.2, 0.25) is 0 Å². The fourth-order valence-corrected chi connectivity index (χ4v) is 4.04. The molecular weight excluding hydrogens is 262 g/mol. The summed E-state index contributed by atoms with van der Waals surface area (Å²) in [4.78, 5) is 5.34. The van der Waals surface area contributed by atoms with Crippen molar-refractivity contribution in [2.45, 2.75) is 20.0 Å². The number of aryl methyl sites for hydroxylation is 2. The maximum Gasteiger partial charge on any atom is 0.116 e. The van der Waals surface area contributed by atoms with Crippen molar-refractivity contribution in [3.63, 3.8) is 0 Å². The minimum absolute atomic E-state index is 0.571. The first-order chi connectivity index (χ1) is 8.66. The molecule has 0 spiro atoms. The first-order valence-corrected chi connectivity index (χ1v) is 7.44. The summed E-state index contributed by atoms with van der Waals surface area (Å²) in [7, 11) is 0. The van der Waals surface area contributed by atoms with E-state index < -0.39 is 6.10 Å². The lowest BCUT2D eigenvalue weighted by molar-refractivity contribution is 0.225. The second kappa shape index (κ2) is 4.46. The Bertz CT molecular complexity index is 699. The largest absolute Gasteiger partial charge is 0.383 e. The molecule has 0 saturated heterocycles. The first-order valence-electron chi connectivity index (χ1n) is 5.75. The third-order valence-electron chi connectivity index (χ3n) is 2.99. The molecule has 0 saturated carbocycles. The molecule has 1 unspecified atom stereocenters. The molecule has 2 heterocycles. The van der Waals surface area contributed by atoms with Gasteiger partial charge in [-0.15, -0.1) is 22.7 Å². The number of nitrogens with zero attached hydrogens (tertiary/aromatic N) is 1. The Morgan fingerprint density at radius 2 is 2.06 bits per heavy atom. The Balaban J connectivity index is 2.14. The summed E-state index contributed by atoms with van der Waals surface area (Å²) in [6, 6.07) is 8.16. The molecule has 18 heavy (non-hydrogen) atoms.